The van der Waals surface area contributed by atoms with Gasteiger partial charge in [0.25, 0.3) is 0 Å². The first kappa shape index (κ1) is 9.47. The van der Waals surface area contributed by atoms with Crippen LogP contribution >= 0.6 is 0 Å². The molecule has 0 aliphatic carbocycles. The molecule has 0 spiro atoms. The molecule has 2 saturated heterocycles. The molecule has 2 rings (SSSR count). The van der Waals surface area contributed by atoms with Gasteiger partial charge in [0.2, 0.25) is 0 Å². The van der Waals surface area contributed by atoms with Gasteiger partial charge in [0.15, 0.2) is 0 Å². The molecule has 2 heterocycles. The summed E-state index contributed by atoms with van der Waals surface area (Å²) in [5.41, 5.74) is 0. The summed E-state index contributed by atoms with van der Waals surface area (Å²) in [5, 5.41) is 3.35. The molecular formula is C11H22N2. The highest BCUT2D eigenvalue weighted by molar-refractivity contribution is 4.87. The van der Waals surface area contributed by atoms with E-state index in [0.717, 1.165) is 17.9 Å². The van der Waals surface area contributed by atoms with Gasteiger partial charge < -0.3 is 5.32 Å². The van der Waals surface area contributed by atoms with Crippen LogP contribution in [0.2, 0.25) is 0 Å². The number of nitrogens with zero attached hydrogens (tertiary/aromatic N) is 1. The Morgan fingerprint density at radius 1 is 1.15 bits per heavy atom. The van der Waals surface area contributed by atoms with Crippen LogP contribution in [0.3, 0.4) is 0 Å². The van der Waals surface area contributed by atoms with Crippen LogP contribution in [0.1, 0.15) is 26.7 Å². The van der Waals surface area contributed by atoms with E-state index >= 15 is 0 Å². The molecule has 2 fully saturated rings. The number of likely N-dealkylation sites (tertiary alicyclic amines) is 1. The zero-order chi connectivity index (χ0) is 9.26. The van der Waals surface area contributed by atoms with Crippen LogP contribution in [0.5, 0.6) is 0 Å². The van der Waals surface area contributed by atoms with Crippen molar-refractivity contribution in [3.8, 4) is 0 Å². The van der Waals surface area contributed by atoms with Crippen molar-refractivity contribution in [2.75, 3.05) is 26.2 Å². The first-order valence-corrected chi connectivity index (χ1v) is 5.72. The summed E-state index contributed by atoms with van der Waals surface area (Å²) in [6.45, 7) is 9.87. The van der Waals surface area contributed by atoms with E-state index in [1.807, 2.05) is 0 Å². The van der Waals surface area contributed by atoms with Gasteiger partial charge in [-0.05, 0) is 37.8 Å². The molecule has 76 valence electrons. The Labute approximate surface area is 81.7 Å². The summed E-state index contributed by atoms with van der Waals surface area (Å²) in [4.78, 5) is 2.68. The first-order valence-electron chi connectivity index (χ1n) is 5.72. The Kier molecular flexibility index (Phi) is 2.89. The first-order chi connectivity index (χ1) is 6.27. The fraction of sp³-hybridized carbons (Fsp3) is 1.00. The predicted molar refractivity (Wildman–Crippen MR) is 55.8 cm³/mol. The fourth-order valence-corrected chi connectivity index (χ4v) is 2.48. The van der Waals surface area contributed by atoms with Gasteiger partial charge in [-0.2, -0.15) is 0 Å². The lowest BCUT2D eigenvalue weighted by molar-refractivity contribution is 0.0864. The zero-order valence-corrected chi connectivity index (χ0v) is 8.92. The molecule has 0 radical (unpaired) electrons. The number of piperidine rings is 1. The predicted octanol–water partition coefficient (Wildman–Crippen LogP) is 1.33. The lowest BCUT2D eigenvalue weighted by Crippen LogP contribution is -2.58. The quantitative estimate of drug-likeness (QED) is 0.693. The van der Waals surface area contributed by atoms with Gasteiger partial charge in [-0.15, -0.1) is 0 Å². The van der Waals surface area contributed by atoms with Crippen LogP contribution in [0, 0.1) is 11.8 Å². The van der Waals surface area contributed by atoms with Crippen LogP contribution in [0.25, 0.3) is 0 Å². The second-order valence-corrected chi connectivity index (χ2v) is 4.93. The summed E-state index contributed by atoms with van der Waals surface area (Å²) in [5.74, 6) is 1.88. The topological polar surface area (TPSA) is 15.3 Å². The lowest BCUT2D eigenvalue weighted by atomic mass is 9.86. The van der Waals surface area contributed by atoms with Crippen molar-refractivity contribution in [3.05, 3.63) is 0 Å². The summed E-state index contributed by atoms with van der Waals surface area (Å²) in [6, 6.07) is 0.869. The Morgan fingerprint density at radius 3 is 2.15 bits per heavy atom. The Balaban J connectivity index is 1.75. The molecule has 0 aromatic rings. The van der Waals surface area contributed by atoms with Crippen molar-refractivity contribution in [1.29, 1.82) is 0 Å². The molecule has 2 nitrogen and oxygen atoms in total. The van der Waals surface area contributed by atoms with Gasteiger partial charge in [-0.25, -0.2) is 0 Å². The van der Waals surface area contributed by atoms with Gasteiger partial charge in [-0.3, -0.25) is 4.90 Å². The third-order valence-electron chi connectivity index (χ3n) is 3.79. The smallest absolute Gasteiger partial charge is 0.0345 e. The van der Waals surface area contributed by atoms with Gasteiger partial charge in [0.1, 0.15) is 0 Å². The molecule has 2 aliphatic rings. The van der Waals surface area contributed by atoms with Crippen LogP contribution < -0.4 is 5.32 Å². The molecule has 0 amide bonds. The maximum Gasteiger partial charge on any atom is 0.0345 e. The minimum Gasteiger partial charge on any atom is -0.314 e. The minimum atomic E-state index is 0.869. The largest absolute Gasteiger partial charge is 0.314 e. The molecule has 2 aliphatic heterocycles. The van der Waals surface area contributed by atoms with Gasteiger partial charge in [0.05, 0.1) is 0 Å². The van der Waals surface area contributed by atoms with E-state index in [9.17, 15) is 0 Å². The normalized spacial score (nSPS) is 27.9. The summed E-state index contributed by atoms with van der Waals surface area (Å²) in [7, 11) is 0. The Morgan fingerprint density at radius 2 is 1.77 bits per heavy atom. The molecule has 0 saturated carbocycles. The monoisotopic (exact) mass is 182 g/mol. The minimum absolute atomic E-state index is 0.869. The molecule has 0 aromatic carbocycles. The molecule has 0 atom stereocenters. The molecule has 1 N–H and O–H groups in total. The lowest BCUT2D eigenvalue weighted by Gasteiger charge is -2.43. The van der Waals surface area contributed by atoms with Crippen molar-refractivity contribution in [1.82, 2.24) is 10.2 Å². The summed E-state index contributed by atoms with van der Waals surface area (Å²) < 4.78 is 0. The SMILES string of the molecule is CC(C)C1CCN(C2CNC2)CC1. The highest BCUT2D eigenvalue weighted by Gasteiger charge is 2.29. The summed E-state index contributed by atoms with van der Waals surface area (Å²) in [6.07, 6.45) is 2.85. The number of hydrogen-bond donors (Lipinski definition) is 1. The molecule has 0 aromatic heterocycles. The molecule has 13 heavy (non-hydrogen) atoms. The van der Waals surface area contributed by atoms with Gasteiger partial charge in [0, 0.05) is 19.1 Å². The summed E-state index contributed by atoms with van der Waals surface area (Å²) >= 11 is 0. The van der Waals surface area contributed by atoms with E-state index in [1.54, 1.807) is 0 Å². The highest BCUT2D eigenvalue weighted by Crippen LogP contribution is 2.25. The van der Waals surface area contributed by atoms with Crippen LogP contribution in [-0.2, 0) is 0 Å². The van der Waals surface area contributed by atoms with Gasteiger partial charge in [-0.1, -0.05) is 13.8 Å². The molecule has 0 bridgehead atoms. The van der Waals surface area contributed by atoms with E-state index in [1.165, 1.54) is 39.0 Å². The molecular weight excluding hydrogens is 160 g/mol. The fourth-order valence-electron chi connectivity index (χ4n) is 2.48. The molecule has 0 unspecified atom stereocenters. The van der Waals surface area contributed by atoms with E-state index < -0.39 is 0 Å². The third-order valence-corrected chi connectivity index (χ3v) is 3.79. The van der Waals surface area contributed by atoms with Crippen LogP contribution in [0.4, 0.5) is 0 Å². The Bertz CT molecular complexity index is 155. The van der Waals surface area contributed by atoms with Crippen LogP contribution in [0.15, 0.2) is 0 Å². The van der Waals surface area contributed by atoms with E-state index in [2.05, 4.69) is 24.1 Å². The van der Waals surface area contributed by atoms with E-state index in [4.69, 9.17) is 0 Å². The van der Waals surface area contributed by atoms with Crippen molar-refractivity contribution >= 4 is 0 Å². The second-order valence-electron chi connectivity index (χ2n) is 4.93. The maximum atomic E-state index is 3.35. The number of hydrogen-bond acceptors (Lipinski definition) is 2. The average Bonchev–Trinajstić information content (AvgIpc) is 2.02. The third kappa shape index (κ3) is 2.05. The standard InChI is InChI=1S/C11H22N2/c1-9(2)10-3-5-13(6-4-10)11-7-12-8-11/h9-12H,3-8H2,1-2H3. The zero-order valence-electron chi connectivity index (χ0n) is 8.92. The van der Waals surface area contributed by atoms with Crippen molar-refractivity contribution in [3.63, 3.8) is 0 Å². The second kappa shape index (κ2) is 3.97. The highest BCUT2D eigenvalue weighted by atomic mass is 15.2. The van der Waals surface area contributed by atoms with E-state index in [0.29, 0.717) is 0 Å². The van der Waals surface area contributed by atoms with Crippen molar-refractivity contribution in [2.45, 2.75) is 32.7 Å². The van der Waals surface area contributed by atoms with Crippen molar-refractivity contribution in [2.24, 2.45) is 11.8 Å². The average molecular weight is 182 g/mol. The van der Waals surface area contributed by atoms with Crippen LogP contribution in [-0.4, -0.2) is 37.1 Å². The van der Waals surface area contributed by atoms with Gasteiger partial charge >= 0.3 is 0 Å². The Hall–Kier alpha value is -0.0800. The number of rotatable bonds is 2. The molecule has 2 heteroatoms. The number of nitrogens with one attached hydrogen (secondary N) is 1. The van der Waals surface area contributed by atoms with E-state index in [-0.39, 0.29) is 0 Å². The van der Waals surface area contributed by atoms with Crippen molar-refractivity contribution < 1.29 is 0 Å². The maximum absolute atomic E-state index is 3.35.